The summed E-state index contributed by atoms with van der Waals surface area (Å²) in [6.07, 6.45) is 5.99. The van der Waals surface area contributed by atoms with Gasteiger partial charge in [0.1, 0.15) is 0 Å². The first-order valence-electron chi connectivity index (χ1n) is 7.81. The number of nitrogens with zero attached hydrogens (tertiary/aromatic N) is 2. The summed E-state index contributed by atoms with van der Waals surface area (Å²) in [5.74, 6) is 0. The molecule has 1 aliphatic heterocycles. The van der Waals surface area contributed by atoms with Gasteiger partial charge in [-0.1, -0.05) is 48.5 Å². The summed E-state index contributed by atoms with van der Waals surface area (Å²) in [5, 5.41) is 0. The molecular weight excluding hydrogens is 256 g/mol. The van der Waals surface area contributed by atoms with Crippen LogP contribution in [-0.4, -0.2) is 19.3 Å². The van der Waals surface area contributed by atoms with E-state index in [1.165, 1.54) is 49.2 Å². The summed E-state index contributed by atoms with van der Waals surface area (Å²) in [4.78, 5) is 7.11. The van der Waals surface area contributed by atoms with Gasteiger partial charge in [0.05, 0.1) is 6.54 Å². The van der Waals surface area contributed by atoms with E-state index >= 15 is 0 Å². The van der Waals surface area contributed by atoms with Gasteiger partial charge >= 0.3 is 0 Å². The third-order valence-electron chi connectivity index (χ3n) is 3.98. The van der Waals surface area contributed by atoms with Gasteiger partial charge in [-0.25, -0.2) is 0 Å². The average Bonchev–Trinajstić information content (AvgIpc) is 2.57. The maximum atomic E-state index is 4.62. The van der Waals surface area contributed by atoms with Gasteiger partial charge in [0.2, 0.25) is 0 Å². The Bertz CT molecular complexity index is 584. The molecule has 2 nitrogen and oxygen atoms in total. The number of benzene rings is 2. The predicted octanol–water partition coefficient (Wildman–Crippen LogP) is 4.30. The summed E-state index contributed by atoms with van der Waals surface area (Å²) >= 11 is 0. The van der Waals surface area contributed by atoms with Crippen LogP contribution >= 0.6 is 0 Å². The average molecular weight is 278 g/mol. The van der Waals surface area contributed by atoms with Crippen molar-refractivity contribution >= 4 is 11.9 Å². The molecule has 0 N–H and O–H groups in total. The standard InChI is InChI=1S/C19H22N2/c1-3-9-17(10-4-1)15-20-16-18-11-5-6-12-19(18)21-13-7-2-8-14-21/h1,3-6,9-12,16H,2,7-8,13-15H2. The predicted molar refractivity (Wildman–Crippen MR) is 90.2 cm³/mol. The Morgan fingerprint density at radius 1 is 0.857 bits per heavy atom. The minimum Gasteiger partial charge on any atom is -0.371 e. The molecule has 0 radical (unpaired) electrons. The molecule has 0 amide bonds. The second kappa shape index (κ2) is 7.07. The fourth-order valence-corrected chi connectivity index (χ4v) is 2.85. The second-order valence-corrected chi connectivity index (χ2v) is 5.56. The molecule has 0 atom stereocenters. The molecule has 1 heterocycles. The van der Waals surface area contributed by atoms with Crippen LogP contribution in [0.2, 0.25) is 0 Å². The van der Waals surface area contributed by atoms with Gasteiger partial charge < -0.3 is 4.90 Å². The van der Waals surface area contributed by atoms with E-state index in [2.05, 4.69) is 58.4 Å². The quantitative estimate of drug-likeness (QED) is 0.761. The molecule has 2 aromatic rings. The van der Waals surface area contributed by atoms with E-state index in [9.17, 15) is 0 Å². The van der Waals surface area contributed by atoms with Gasteiger partial charge in [0, 0.05) is 30.6 Å². The van der Waals surface area contributed by atoms with E-state index in [0.717, 1.165) is 6.54 Å². The van der Waals surface area contributed by atoms with Gasteiger partial charge in [0.15, 0.2) is 0 Å². The van der Waals surface area contributed by atoms with Crippen molar-refractivity contribution in [2.75, 3.05) is 18.0 Å². The number of hydrogen-bond acceptors (Lipinski definition) is 2. The molecule has 108 valence electrons. The van der Waals surface area contributed by atoms with Crippen molar-refractivity contribution in [2.45, 2.75) is 25.8 Å². The van der Waals surface area contributed by atoms with E-state index in [1.807, 2.05) is 12.3 Å². The highest BCUT2D eigenvalue weighted by atomic mass is 15.1. The molecule has 21 heavy (non-hydrogen) atoms. The summed E-state index contributed by atoms with van der Waals surface area (Å²) in [5.41, 5.74) is 3.81. The first kappa shape index (κ1) is 13.9. The SMILES string of the molecule is C(=NCc1ccccc1)c1ccccc1N1CCCCC1. The lowest BCUT2D eigenvalue weighted by molar-refractivity contribution is 0.577. The van der Waals surface area contributed by atoms with E-state index in [4.69, 9.17) is 0 Å². The maximum Gasteiger partial charge on any atom is 0.0639 e. The summed E-state index contributed by atoms with van der Waals surface area (Å²) in [6, 6.07) is 19.0. The third kappa shape index (κ3) is 3.72. The van der Waals surface area contributed by atoms with Crippen molar-refractivity contribution in [2.24, 2.45) is 4.99 Å². The summed E-state index contributed by atoms with van der Waals surface area (Å²) in [7, 11) is 0. The maximum absolute atomic E-state index is 4.62. The van der Waals surface area contributed by atoms with E-state index < -0.39 is 0 Å². The molecular formula is C19H22N2. The zero-order valence-electron chi connectivity index (χ0n) is 12.4. The fraction of sp³-hybridized carbons (Fsp3) is 0.316. The summed E-state index contributed by atoms with van der Waals surface area (Å²) in [6.45, 7) is 3.09. The van der Waals surface area contributed by atoms with Crippen molar-refractivity contribution < 1.29 is 0 Å². The van der Waals surface area contributed by atoms with Gasteiger partial charge in [-0.15, -0.1) is 0 Å². The van der Waals surface area contributed by atoms with Crippen molar-refractivity contribution in [3.63, 3.8) is 0 Å². The second-order valence-electron chi connectivity index (χ2n) is 5.56. The van der Waals surface area contributed by atoms with Crippen LogP contribution in [0, 0.1) is 0 Å². The van der Waals surface area contributed by atoms with Crippen LogP contribution in [0.5, 0.6) is 0 Å². The number of para-hydroxylation sites is 1. The van der Waals surface area contributed by atoms with Gasteiger partial charge in [-0.05, 0) is 30.9 Å². The van der Waals surface area contributed by atoms with Gasteiger partial charge in [-0.3, -0.25) is 4.99 Å². The molecule has 1 saturated heterocycles. The highest BCUT2D eigenvalue weighted by Crippen LogP contribution is 2.23. The van der Waals surface area contributed by atoms with Gasteiger partial charge in [0.25, 0.3) is 0 Å². The van der Waals surface area contributed by atoms with E-state index in [0.29, 0.717) is 0 Å². The Kier molecular flexibility index (Phi) is 4.67. The molecule has 1 fully saturated rings. The Balaban J connectivity index is 1.72. The lowest BCUT2D eigenvalue weighted by Gasteiger charge is -2.30. The van der Waals surface area contributed by atoms with Crippen molar-refractivity contribution in [3.8, 4) is 0 Å². The van der Waals surface area contributed by atoms with Crippen molar-refractivity contribution in [1.29, 1.82) is 0 Å². The Morgan fingerprint density at radius 3 is 2.38 bits per heavy atom. The van der Waals surface area contributed by atoms with Crippen LogP contribution in [0.1, 0.15) is 30.4 Å². The highest BCUT2D eigenvalue weighted by Gasteiger charge is 2.12. The van der Waals surface area contributed by atoms with Crippen LogP contribution in [0.15, 0.2) is 59.6 Å². The molecule has 0 saturated carbocycles. The molecule has 2 heteroatoms. The first-order chi connectivity index (χ1) is 10.4. The molecule has 0 unspecified atom stereocenters. The topological polar surface area (TPSA) is 15.6 Å². The van der Waals surface area contributed by atoms with Crippen molar-refractivity contribution in [3.05, 3.63) is 65.7 Å². The third-order valence-corrected chi connectivity index (χ3v) is 3.98. The van der Waals surface area contributed by atoms with Crippen LogP contribution in [0.4, 0.5) is 5.69 Å². The monoisotopic (exact) mass is 278 g/mol. The van der Waals surface area contributed by atoms with E-state index in [-0.39, 0.29) is 0 Å². The number of aliphatic imine (C=N–C) groups is 1. The lowest BCUT2D eigenvalue weighted by Crippen LogP contribution is -2.30. The number of hydrogen-bond donors (Lipinski definition) is 0. The Hall–Kier alpha value is -2.09. The molecule has 0 spiro atoms. The lowest BCUT2D eigenvalue weighted by atomic mass is 10.1. The Labute approximate surface area is 127 Å². The number of rotatable bonds is 4. The first-order valence-corrected chi connectivity index (χ1v) is 7.81. The molecule has 1 aliphatic rings. The van der Waals surface area contributed by atoms with Crippen LogP contribution < -0.4 is 4.90 Å². The zero-order chi connectivity index (χ0) is 14.3. The van der Waals surface area contributed by atoms with E-state index in [1.54, 1.807) is 0 Å². The molecule has 3 rings (SSSR count). The largest absolute Gasteiger partial charge is 0.371 e. The van der Waals surface area contributed by atoms with Crippen LogP contribution in [-0.2, 0) is 6.54 Å². The van der Waals surface area contributed by atoms with Crippen molar-refractivity contribution in [1.82, 2.24) is 0 Å². The number of piperidine rings is 1. The number of anilines is 1. The van der Waals surface area contributed by atoms with Crippen LogP contribution in [0.3, 0.4) is 0 Å². The minimum atomic E-state index is 0.745. The highest BCUT2D eigenvalue weighted by molar-refractivity contribution is 5.88. The molecule has 0 aromatic heterocycles. The smallest absolute Gasteiger partial charge is 0.0639 e. The fourth-order valence-electron chi connectivity index (χ4n) is 2.85. The van der Waals surface area contributed by atoms with Crippen LogP contribution in [0.25, 0.3) is 0 Å². The minimum absolute atomic E-state index is 0.745. The summed E-state index contributed by atoms with van der Waals surface area (Å²) < 4.78 is 0. The molecule has 2 aromatic carbocycles. The molecule has 0 aliphatic carbocycles. The Morgan fingerprint density at radius 2 is 1.57 bits per heavy atom. The van der Waals surface area contributed by atoms with Gasteiger partial charge in [-0.2, -0.15) is 0 Å². The molecule has 0 bridgehead atoms. The normalized spacial score (nSPS) is 15.5. The zero-order valence-corrected chi connectivity index (χ0v) is 12.4.